The largest absolute Gasteiger partial charge is 0.282 e. The highest BCUT2D eigenvalue weighted by Gasteiger charge is 2.18. The van der Waals surface area contributed by atoms with Crippen molar-refractivity contribution >= 4 is 8.07 Å². The van der Waals surface area contributed by atoms with Gasteiger partial charge in [0.15, 0.2) is 0 Å². The minimum absolute atomic E-state index is 0.193. The zero-order valence-corrected chi connectivity index (χ0v) is 8.69. The van der Waals surface area contributed by atoms with Gasteiger partial charge in [0.05, 0.1) is 0 Å². The van der Waals surface area contributed by atoms with Crippen LogP contribution in [0, 0.1) is 0 Å². The average Bonchev–Trinajstić information content (AvgIpc) is 2.39. The van der Waals surface area contributed by atoms with Crippen molar-refractivity contribution < 1.29 is 0 Å². The molecule has 1 rings (SSSR count). The van der Waals surface area contributed by atoms with Crippen molar-refractivity contribution in [3.63, 3.8) is 0 Å². The Labute approximate surface area is 71.3 Å². The fourth-order valence-electron chi connectivity index (χ4n) is 1.52. The maximum atomic E-state index is 2.61. The Bertz CT molecular complexity index is 150. The molecule has 0 bridgehead atoms. The van der Waals surface area contributed by atoms with Crippen LogP contribution in [0.4, 0.5) is 0 Å². The molecule has 0 aromatic heterocycles. The van der Waals surface area contributed by atoms with Crippen LogP contribution in [0.1, 0.15) is 20.8 Å². The lowest BCUT2D eigenvalue weighted by molar-refractivity contribution is 0.508. The minimum Gasteiger partial charge on any atom is -0.282 e. The first kappa shape index (κ1) is 9.22. The van der Waals surface area contributed by atoms with Crippen molar-refractivity contribution in [2.75, 3.05) is 25.4 Å². The van der Waals surface area contributed by atoms with Crippen molar-refractivity contribution in [1.82, 2.24) is 4.67 Å². The molecule has 0 saturated heterocycles. The van der Waals surface area contributed by atoms with Gasteiger partial charge >= 0.3 is 0 Å². The molecular weight excluding hydrogens is 153 g/mol. The molecule has 1 unspecified atom stereocenters. The molecule has 0 aromatic rings. The van der Waals surface area contributed by atoms with E-state index in [0.29, 0.717) is 0 Å². The fourth-order valence-corrected chi connectivity index (χ4v) is 4.10. The number of hydrogen-bond donors (Lipinski definition) is 0. The summed E-state index contributed by atoms with van der Waals surface area (Å²) in [5, 5.41) is 0. The molecule has 0 amide bonds. The van der Waals surface area contributed by atoms with Crippen molar-refractivity contribution in [1.29, 1.82) is 0 Å². The second kappa shape index (κ2) is 4.23. The molecule has 64 valence electrons. The molecule has 11 heavy (non-hydrogen) atoms. The Hall–Kier alpha value is 0.130. The van der Waals surface area contributed by atoms with Crippen LogP contribution in [-0.2, 0) is 0 Å². The number of hydrogen-bond acceptors (Lipinski definition) is 1. The summed E-state index contributed by atoms with van der Waals surface area (Å²) >= 11 is 0. The molecule has 2 heteroatoms. The van der Waals surface area contributed by atoms with Gasteiger partial charge < -0.3 is 0 Å². The Balaban J connectivity index is 2.38. The third-order valence-electron chi connectivity index (χ3n) is 2.21. The summed E-state index contributed by atoms with van der Waals surface area (Å²) in [6.07, 6.45) is 5.10. The van der Waals surface area contributed by atoms with E-state index in [9.17, 15) is 0 Å². The molecule has 0 spiro atoms. The highest BCUT2D eigenvalue weighted by molar-refractivity contribution is 7.56. The lowest BCUT2D eigenvalue weighted by Gasteiger charge is -2.25. The van der Waals surface area contributed by atoms with E-state index in [1.54, 1.807) is 5.57 Å². The summed E-state index contributed by atoms with van der Waals surface area (Å²) < 4.78 is 2.61. The van der Waals surface area contributed by atoms with Gasteiger partial charge in [0.2, 0.25) is 0 Å². The summed E-state index contributed by atoms with van der Waals surface area (Å²) in [7, 11) is 0.193. The fraction of sp³-hybridized carbons (Fsp3) is 0.778. The van der Waals surface area contributed by atoms with Crippen LogP contribution >= 0.6 is 8.07 Å². The zero-order valence-electron chi connectivity index (χ0n) is 7.80. The van der Waals surface area contributed by atoms with Crippen LogP contribution in [0.2, 0.25) is 0 Å². The Morgan fingerprint density at radius 3 is 2.45 bits per heavy atom. The zero-order chi connectivity index (χ0) is 8.27. The number of nitrogens with zero attached hydrogens (tertiary/aromatic N) is 1. The van der Waals surface area contributed by atoms with Gasteiger partial charge in [0.1, 0.15) is 0 Å². The Morgan fingerprint density at radius 2 is 2.09 bits per heavy atom. The Morgan fingerprint density at radius 1 is 1.45 bits per heavy atom. The molecular formula is C9H18NP. The maximum absolute atomic E-state index is 2.61. The van der Waals surface area contributed by atoms with Gasteiger partial charge in [-0.1, -0.05) is 25.5 Å². The highest BCUT2D eigenvalue weighted by Crippen LogP contribution is 2.45. The van der Waals surface area contributed by atoms with E-state index in [2.05, 4.69) is 31.5 Å². The van der Waals surface area contributed by atoms with Gasteiger partial charge in [0.25, 0.3) is 0 Å². The van der Waals surface area contributed by atoms with E-state index in [0.717, 1.165) is 0 Å². The number of allylic oxidation sites excluding steroid dienone is 2. The minimum atomic E-state index is 0.193. The average molecular weight is 171 g/mol. The highest BCUT2D eigenvalue weighted by atomic mass is 31.1. The third kappa shape index (κ3) is 2.28. The lowest BCUT2D eigenvalue weighted by atomic mass is 10.3. The van der Waals surface area contributed by atoms with E-state index in [-0.39, 0.29) is 8.07 Å². The monoisotopic (exact) mass is 171 g/mol. The molecule has 0 fully saturated rings. The van der Waals surface area contributed by atoms with Gasteiger partial charge in [0, 0.05) is 6.16 Å². The first-order valence-electron chi connectivity index (χ1n) is 4.43. The van der Waals surface area contributed by atoms with Gasteiger partial charge in [-0.05, 0) is 34.2 Å². The van der Waals surface area contributed by atoms with Crippen molar-refractivity contribution in [2.45, 2.75) is 20.8 Å². The molecule has 1 aliphatic rings. The van der Waals surface area contributed by atoms with Crippen molar-refractivity contribution in [3.05, 3.63) is 11.6 Å². The van der Waals surface area contributed by atoms with Crippen LogP contribution in [0.25, 0.3) is 0 Å². The summed E-state index contributed by atoms with van der Waals surface area (Å²) in [6, 6.07) is 0. The van der Waals surface area contributed by atoms with Gasteiger partial charge in [-0.3, -0.25) is 4.67 Å². The number of rotatable bonds is 3. The second-order valence-corrected chi connectivity index (χ2v) is 5.30. The summed E-state index contributed by atoms with van der Waals surface area (Å²) in [4.78, 5) is 0. The first-order chi connectivity index (χ1) is 5.27. The van der Waals surface area contributed by atoms with Crippen LogP contribution in [0.5, 0.6) is 0 Å². The lowest BCUT2D eigenvalue weighted by Crippen LogP contribution is -2.17. The SMILES string of the molecule is CCN(CC)P1CC=C(C)C1. The predicted octanol–water partition coefficient (Wildman–Crippen LogP) is 2.69. The summed E-state index contributed by atoms with van der Waals surface area (Å²) in [5.41, 5.74) is 1.60. The quantitative estimate of drug-likeness (QED) is 0.466. The summed E-state index contributed by atoms with van der Waals surface area (Å²) in [6.45, 7) is 9.23. The smallest absolute Gasteiger partial charge is 0.00188 e. The molecule has 0 saturated carbocycles. The third-order valence-corrected chi connectivity index (χ3v) is 5.05. The topological polar surface area (TPSA) is 3.24 Å². The van der Waals surface area contributed by atoms with Gasteiger partial charge in [-0.15, -0.1) is 0 Å². The van der Waals surface area contributed by atoms with E-state index in [1.807, 2.05) is 0 Å². The molecule has 1 heterocycles. The van der Waals surface area contributed by atoms with E-state index in [4.69, 9.17) is 0 Å². The molecule has 1 aliphatic heterocycles. The standard InChI is InChI=1S/C9H18NP/c1-4-10(5-2)11-7-6-9(3)8-11/h6H,4-5,7-8H2,1-3H3. The normalized spacial score (nSPS) is 24.4. The van der Waals surface area contributed by atoms with E-state index < -0.39 is 0 Å². The van der Waals surface area contributed by atoms with Gasteiger partial charge in [-0.2, -0.15) is 0 Å². The molecule has 0 radical (unpaired) electrons. The molecule has 0 aliphatic carbocycles. The van der Waals surface area contributed by atoms with E-state index in [1.165, 1.54) is 25.4 Å². The summed E-state index contributed by atoms with van der Waals surface area (Å²) in [5.74, 6) is 0. The van der Waals surface area contributed by atoms with Crippen LogP contribution in [0.15, 0.2) is 11.6 Å². The Kier molecular flexibility index (Phi) is 3.54. The van der Waals surface area contributed by atoms with Crippen molar-refractivity contribution in [2.24, 2.45) is 0 Å². The van der Waals surface area contributed by atoms with E-state index >= 15 is 0 Å². The van der Waals surface area contributed by atoms with Gasteiger partial charge in [-0.25, -0.2) is 0 Å². The predicted molar refractivity (Wildman–Crippen MR) is 53.3 cm³/mol. The second-order valence-electron chi connectivity index (χ2n) is 3.04. The molecule has 0 aromatic carbocycles. The molecule has 1 nitrogen and oxygen atoms in total. The van der Waals surface area contributed by atoms with Crippen LogP contribution in [-0.4, -0.2) is 30.1 Å². The molecule has 0 N–H and O–H groups in total. The van der Waals surface area contributed by atoms with Crippen molar-refractivity contribution in [3.8, 4) is 0 Å². The van der Waals surface area contributed by atoms with Crippen LogP contribution < -0.4 is 0 Å². The molecule has 1 atom stereocenters. The first-order valence-corrected chi connectivity index (χ1v) is 6.09. The maximum Gasteiger partial charge on any atom is 0.00188 e. The van der Waals surface area contributed by atoms with Crippen LogP contribution in [0.3, 0.4) is 0 Å².